The molecule has 0 radical (unpaired) electrons. The molecule has 0 unspecified atom stereocenters. The fourth-order valence-electron chi connectivity index (χ4n) is 1.86. The fourth-order valence-corrected chi connectivity index (χ4v) is 1.86. The Morgan fingerprint density at radius 1 is 1.35 bits per heavy atom. The van der Waals surface area contributed by atoms with E-state index < -0.39 is 23.8 Å². The van der Waals surface area contributed by atoms with Gasteiger partial charge in [0.15, 0.2) is 0 Å². The molecule has 3 amide bonds. The van der Waals surface area contributed by atoms with E-state index in [1.54, 1.807) is 30.1 Å². The predicted octanol–water partition coefficient (Wildman–Crippen LogP) is 2.19. The first kappa shape index (κ1) is 16.5. The molecule has 0 bridgehead atoms. The first-order valence-corrected chi connectivity index (χ1v) is 7.15. The van der Waals surface area contributed by atoms with Gasteiger partial charge in [-0.2, -0.15) is 5.10 Å². The van der Waals surface area contributed by atoms with E-state index in [1.807, 2.05) is 6.92 Å². The summed E-state index contributed by atoms with van der Waals surface area (Å²) in [4.78, 5) is 23.7. The highest BCUT2D eigenvalue weighted by Gasteiger charge is 2.17. The lowest BCUT2D eigenvalue weighted by Crippen LogP contribution is -2.43. The number of halogens is 1. The zero-order valence-electron chi connectivity index (χ0n) is 12.8. The Morgan fingerprint density at radius 2 is 2.09 bits per heavy atom. The molecule has 0 aliphatic rings. The second-order valence-electron chi connectivity index (χ2n) is 4.87. The quantitative estimate of drug-likeness (QED) is 0.788. The molecule has 122 valence electrons. The van der Waals surface area contributed by atoms with E-state index in [9.17, 15) is 14.0 Å². The average molecular weight is 319 g/mol. The van der Waals surface area contributed by atoms with Crippen molar-refractivity contribution >= 4 is 23.3 Å². The smallest absolute Gasteiger partial charge is 0.326 e. The van der Waals surface area contributed by atoms with Crippen molar-refractivity contribution in [2.24, 2.45) is 0 Å². The van der Waals surface area contributed by atoms with Gasteiger partial charge in [0, 0.05) is 12.7 Å². The minimum absolute atomic E-state index is 0.00244. The molecular weight excluding hydrogens is 301 g/mol. The van der Waals surface area contributed by atoms with Gasteiger partial charge < -0.3 is 10.6 Å². The van der Waals surface area contributed by atoms with Crippen LogP contribution in [0.25, 0.3) is 0 Å². The predicted molar refractivity (Wildman–Crippen MR) is 84.5 cm³/mol. The number of hydrogen-bond donors (Lipinski definition) is 3. The average Bonchev–Trinajstić information content (AvgIpc) is 2.97. The van der Waals surface area contributed by atoms with Gasteiger partial charge in [-0.1, -0.05) is 12.1 Å². The van der Waals surface area contributed by atoms with Gasteiger partial charge in [-0.3, -0.25) is 14.8 Å². The van der Waals surface area contributed by atoms with Crippen LogP contribution in [0.2, 0.25) is 0 Å². The SMILES string of the molecule is CCn1cc(N[C@H](C)C(=O)NC(=O)Nc2ccccc2F)cn1. The lowest BCUT2D eigenvalue weighted by molar-refractivity contribution is -0.120. The minimum atomic E-state index is -0.794. The van der Waals surface area contributed by atoms with Crippen LogP contribution < -0.4 is 16.0 Å². The van der Waals surface area contributed by atoms with Gasteiger partial charge in [0.25, 0.3) is 0 Å². The van der Waals surface area contributed by atoms with Crippen LogP contribution in [-0.2, 0) is 11.3 Å². The number of rotatable bonds is 5. The number of aromatic nitrogens is 2. The van der Waals surface area contributed by atoms with Crippen molar-refractivity contribution in [2.75, 3.05) is 10.6 Å². The highest BCUT2D eigenvalue weighted by atomic mass is 19.1. The Bertz CT molecular complexity index is 701. The van der Waals surface area contributed by atoms with E-state index in [-0.39, 0.29) is 5.69 Å². The van der Waals surface area contributed by atoms with Crippen LogP contribution in [0.15, 0.2) is 36.7 Å². The van der Waals surface area contributed by atoms with Gasteiger partial charge in [0.05, 0.1) is 17.6 Å². The van der Waals surface area contributed by atoms with Crippen LogP contribution in [0, 0.1) is 5.82 Å². The van der Waals surface area contributed by atoms with E-state index in [1.165, 1.54) is 18.2 Å². The van der Waals surface area contributed by atoms with Crippen LogP contribution in [0.5, 0.6) is 0 Å². The number of aryl methyl sites for hydroxylation is 1. The topological polar surface area (TPSA) is 88.0 Å². The number of nitrogens with one attached hydrogen (secondary N) is 3. The highest BCUT2D eigenvalue weighted by Crippen LogP contribution is 2.12. The Balaban J connectivity index is 1.87. The molecule has 1 atom stereocenters. The molecular formula is C15H18FN5O2. The number of hydrogen-bond acceptors (Lipinski definition) is 4. The molecule has 7 nitrogen and oxygen atoms in total. The van der Waals surface area contributed by atoms with E-state index >= 15 is 0 Å². The Labute approximate surface area is 132 Å². The summed E-state index contributed by atoms with van der Waals surface area (Å²) >= 11 is 0. The Kier molecular flexibility index (Phi) is 5.29. The van der Waals surface area contributed by atoms with E-state index in [0.717, 1.165) is 0 Å². The number of benzene rings is 1. The molecule has 0 aliphatic carbocycles. The molecule has 1 aromatic heterocycles. The number of amides is 3. The summed E-state index contributed by atoms with van der Waals surface area (Å²) in [6.45, 7) is 4.27. The minimum Gasteiger partial charge on any atom is -0.371 e. The monoisotopic (exact) mass is 319 g/mol. The fraction of sp³-hybridized carbons (Fsp3) is 0.267. The summed E-state index contributed by atoms with van der Waals surface area (Å²) < 4.78 is 15.1. The number of urea groups is 1. The summed E-state index contributed by atoms with van der Waals surface area (Å²) in [7, 11) is 0. The van der Waals surface area contributed by atoms with Crippen molar-refractivity contribution in [1.29, 1.82) is 0 Å². The molecule has 0 fully saturated rings. The first-order valence-electron chi connectivity index (χ1n) is 7.15. The highest BCUT2D eigenvalue weighted by molar-refractivity contribution is 6.03. The number of carbonyl (C=O) groups excluding carboxylic acids is 2. The van der Waals surface area contributed by atoms with Crippen molar-refractivity contribution in [1.82, 2.24) is 15.1 Å². The number of carbonyl (C=O) groups is 2. The summed E-state index contributed by atoms with van der Waals surface area (Å²) in [5, 5.41) is 11.4. The van der Waals surface area contributed by atoms with Crippen LogP contribution in [0.4, 0.5) is 20.6 Å². The third-order valence-electron chi connectivity index (χ3n) is 3.09. The largest absolute Gasteiger partial charge is 0.371 e. The second kappa shape index (κ2) is 7.39. The zero-order chi connectivity index (χ0) is 16.8. The molecule has 0 aliphatic heterocycles. The van der Waals surface area contributed by atoms with Crippen LogP contribution in [-0.4, -0.2) is 27.8 Å². The molecule has 2 rings (SSSR count). The number of para-hydroxylation sites is 1. The molecule has 23 heavy (non-hydrogen) atoms. The number of imide groups is 1. The first-order chi connectivity index (χ1) is 11.0. The third kappa shape index (κ3) is 4.53. The molecule has 0 spiro atoms. The van der Waals surface area contributed by atoms with Gasteiger partial charge >= 0.3 is 6.03 Å². The number of anilines is 2. The van der Waals surface area contributed by atoms with Crippen molar-refractivity contribution in [2.45, 2.75) is 26.4 Å². The zero-order valence-corrected chi connectivity index (χ0v) is 12.8. The maximum Gasteiger partial charge on any atom is 0.326 e. The summed E-state index contributed by atoms with van der Waals surface area (Å²) in [6.07, 6.45) is 3.34. The van der Waals surface area contributed by atoms with E-state index in [0.29, 0.717) is 12.2 Å². The maximum atomic E-state index is 13.4. The van der Waals surface area contributed by atoms with Gasteiger partial charge in [-0.15, -0.1) is 0 Å². The van der Waals surface area contributed by atoms with Gasteiger partial charge in [0.2, 0.25) is 5.91 Å². The van der Waals surface area contributed by atoms with Gasteiger partial charge in [-0.05, 0) is 26.0 Å². The van der Waals surface area contributed by atoms with Gasteiger partial charge in [0.1, 0.15) is 11.9 Å². The van der Waals surface area contributed by atoms with E-state index in [4.69, 9.17) is 0 Å². The van der Waals surface area contributed by atoms with Crippen molar-refractivity contribution in [3.8, 4) is 0 Å². The lowest BCUT2D eigenvalue weighted by atomic mass is 10.3. The molecule has 3 N–H and O–H groups in total. The van der Waals surface area contributed by atoms with Crippen LogP contribution in [0.1, 0.15) is 13.8 Å². The Morgan fingerprint density at radius 3 is 2.74 bits per heavy atom. The standard InChI is InChI=1S/C15H18FN5O2/c1-3-21-9-11(8-17-21)18-10(2)14(22)20-15(23)19-13-7-5-4-6-12(13)16/h4-10,18H,3H2,1-2H3,(H2,19,20,22,23)/t10-/m1/s1. The molecule has 1 heterocycles. The molecule has 0 saturated heterocycles. The number of nitrogens with zero attached hydrogens (tertiary/aromatic N) is 2. The van der Waals surface area contributed by atoms with Crippen molar-refractivity contribution in [3.63, 3.8) is 0 Å². The summed E-state index contributed by atoms with van der Waals surface area (Å²) in [5.74, 6) is -1.11. The summed E-state index contributed by atoms with van der Waals surface area (Å²) in [6, 6.07) is 4.25. The molecule has 1 aromatic carbocycles. The second-order valence-corrected chi connectivity index (χ2v) is 4.87. The van der Waals surface area contributed by atoms with Crippen molar-refractivity contribution in [3.05, 3.63) is 42.5 Å². The van der Waals surface area contributed by atoms with Crippen LogP contribution >= 0.6 is 0 Å². The van der Waals surface area contributed by atoms with Gasteiger partial charge in [-0.25, -0.2) is 9.18 Å². The summed E-state index contributed by atoms with van der Waals surface area (Å²) in [5.41, 5.74) is 0.673. The van der Waals surface area contributed by atoms with E-state index in [2.05, 4.69) is 21.0 Å². The van der Waals surface area contributed by atoms with Crippen LogP contribution in [0.3, 0.4) is 0 Å². The molecule has 0 saturated carbocycles. The molecule has 2 aromatic rings. The molecule has 8 heteroatoms. The lowest BCUT2D eigenvalue weighted by Gasteiger charge is -2.13. The normalized spacial score (nSPS) is 11.6. The third-order valence-corrected chi connectivity index (χ3v) is 3.09. The van der Waals surface area contributed by atoms with Crippen molar-refractivity contribution < 1.29 is 14.0 Å². The Hall–Kier alpha value is -2.90. The maximum absolute atomic E-state index is 13.4.